The van der Waals surface area contributed by atoms with Crippen molar-refractivity contribution in [2.24, 2.45) is 0 Å². The summed E-state index contributed by atoms with van der Waals surface area (Å²) in [5.74, 6) is -0.218. The molecule has 3 rings (SSSR count). The van der Waals surface area contributed by atoms with E-state index in [1.54, 1.807) is 0 Å². The molecule has 98 valence electrons. The van der Waals surface area contributed by atoms with Gasteiger partial charge in [0.15, 0.2) is 0 Å². The van der Waals surface area contributed by atoms with E-state index in [9.17, 15) is 4.39 Å². The minimum atomic E-state index is -0.218. The van der Waals surface area contributed by atoms with Crippen LogP contribution in [-0.2, 0) is 4.74 Å². The zero-order chi connectivity index (χ0) is 12.6. The minimum absolute atomic E-state index is 0.0107. The van der Waals surface area contributed by atoms with E-state index in [1.807, 2.05) is 6.07 Å². The van der Waals surface area contributed by atoms with Crippen molar-refractivity contribution in [2.75, 3.05) is 13.1 Å². The predicted octanol–water partition coefficient (Wildman–Crippen LogP) is 3.56. The van der Waals surface area contributed by atoms with Crippen molar-refractivity contribution in [3.05, 3.63) is 34.1 Å². The van der Waals surface area contributed by atoms with Gasteiger partial charge in [-0.1, -0.05) is 34.8 Å². The van der Waals surface area contributed by atoms with Crippen molar-refractivity contribution >= 4 is 15.9 Å². The van der Waals surface area contributed by atoms with Crippen LogP contribution in [0.4, 0.5) is 4.39 Å². The molecule has 2 aliphatic rings. The Morgan fingerprint density at radius 2 is 2.11 bits per heavy atom. The molecule has 2 fully saturated rings. The Balaban J connectivity index is 1.83. The van der Waals surface area contributed by atoms with Crippen molar-refractivity contribution in [1.29, 1.82) is 0 Å². The van der Waals surface area contributed by atoms with Gasteiger partial charge in [0.25, 0.3) is 0 Å². The monoisotopic (exact) mass is 313 g/mol. The van der Waals surface area contributed by atoms with Crippen molar-refractivity contribution in [3.8, 4) is 0 Å². The van der Waals surface area contributed by atoms with Crippen LogP contribution in [0.3, 0.4) is 0 Å². The first-order valence-corrected chi connectivity index (χ1v) is 7.31. The summed E-state index contributed by atoms with van der Waals surface area (Å²) >= 11 is 3.43. The van der Waals surface area contributed by atoms with E-state index < -0.39 is 0 Å². The van der Waals surface area contributed by atoms with Crippen LogP contribution in [0.15, 0.2) is 22.7 Å². The number of nitrogens with one attached hydrogen (secondary N) is 1. The number of hydrogen-bond donors (Lipinski definition) is 1. The van der Waals surface area contributed by atoms with E-state index in [1.165, 1.54) is 25.0 Å². The smallest absolute Gasteiger partial charge is 0.124 e. The molecule has 1 spiro atoms. The Morgan fingerprint density at radius 3 is 2.83 bits per heavy atom. The zero-order valence-corrected chi connectivity index (χ0v) is 11.8. The second kappa shape index (κ2) is 4.91. The summed E-state index contributed by atoms with van der Waals surface area (Å²) < 4.78 is 20.2. The maximum atomic E-state index is 13.1. The molecule has 1 saturated heterocycles. The summed E-state index contributed by atoms with van der Waals surface area (Å²) in [6.45, 7) is 1.74. The Hall–Kier alpha value is -0.450. The van der Waals surface area contributed by atoms with Gasteiger partial charge in [0.1, 0.15) is 5.82 Å². The van der Waals surface area contributed by atoms with E-state index in [-0.39, 0.29) is 17.5 Å². The SMILES string of the molecule is Fc1ccc(C2CNCC3(CCCC3)O2)c(Br)c1. The topological polar surface area (TPSA) is 21.3 Å². The summed E-state index contributed by atoms with van der Waals surface area (Å²) in [6, 6.07) is 4.83. The number of morpholine rings is 1. The average Bonchev–Trinajstić information content (AvgIpc) is 2.77. The third-order valence-electron chi connectivity index (χ3n) is 3.99. The molecule has 0 bridgehead atoms. The lowest BCUT2D eigenvalue weighted by Gasteiger charge is -2.39. The van der Waals surface area contributed by atoms with E-state index in [2.05, 4.69) is 21.2 Å². The van der Waals surface area contributed by atoms with Crippen molar-refractivity contribution in [1.82, 2.24) is 5.32 Å². The molecule has 1 N–H and O–H groups in total. The van der Waals surface area contributed by atoms with Crippen LogP contribution in [-0.4, -0.2) is 18.7 Å². The van der Waals surface area contributed by atoms with Gasteiger partial charge < -0.3 is 10.1 Å². The van der Waals surface area contributed by atoms with Crippen LogP contribution < -0.4 is 5.32 Å². The Bertz CT molecular complexity index is 445. The fourth-order valence-electron chi connectivity index (χ4n) is 3.07. The predicted molar refractivity (Wildman–Crippen MR) is 72.0 cm³/mol. The van der Waals surface area contributed by atoms with Gasteiger partial charge >= 0.3 is 0 Å². The molecule has 18 heavy (non-hydrogen) atoms. The third-order valence-corrected chi connectivity index (χ3v) is 4.68. The van der Waals surface area contributed by atoms with Crippen LogP contribution in [0.25, 0.3) is 0 Å². The van der Waals surface area contributed by atoms with Gasteiger partial charge in [-0.15, -0.1) is 0 Å². The lowest BCUT2D eigenvalue weighted by Crippen LogP contribution is -2.49. The van der Waals surface area contributed by atoms with Gasteiger partial charge in [0, 0.05) is 17.6 Å². The lowest BCUT2D eigenvalue weighted by atomic mass is 9.97. The fraction of sp³-hybridized carbons (Fsp3) is 0.571. The highest BCUT2D eigenvalue weighted by Crippen LogP contribution is 2.40. The van der Waals surface area contributed by atoms with Crippen molar-refractivity contribution in [3.63, 3.8) is 0 Å². The molecule has 2 nitrogen and oxygen atoms in total. The van der Waals surface area contributed by atoms with Crippen LogP contribution in [0.1, 0.15) is 37.4 Å². The van der Waals surface area contributed by atoms with Gasteiger partial charge in [0.05, 0.1) is 11.7 Å². The molecule has 1 aliphatic carbocycles. The maximum absolute atomic E-state index is 13.1. The highest BCUT2D eigenvalue weighted by atomic mass is 79.9. The molecule has 1 aromatic rings. The normalized spacial score (nSPS) is 26.7. The molecule has 1 atom stereocenters. The molecule has 1 aliphatic heterocycles. The van der Waals surface area contributed by atoms with Gasteiger partial charge in [-0.2, -0.15) is 0 Å². The molecule has 1 saturated carbocycles. The molecule has 0 aromatic heterocycles. The highest BCUT2D eigenvalue weighted by molar-refractivity contribution is 9.10. The average molecular weight is 314 g/mol. The maximum Gasteiger partial charge on any atom is 0.124 e. The zero-order valence-electron chi connectivity index (χ0n) is 10.2. The summed E-state index contributed by atoms with van der Waals surface area (Å²) in [5.41, 5.74) is 1.05. The molecular formula is C14H17BrFNO. The van der Waals surface area contributed by atoms with Crippen molar-refractivity contribution < 1.29 is 9.13 Å². The first-order valence-electron chi connectivity index (χ1n) is 6.52. The number of ether oxygens (including phenoxy) is 1. The molecule has 4 heteroatoms. The summed E-state index contributed by atoms with van der Waals surface area (Å²) in [6.07, 6.45) is 4.79. The largest absolute Gasteiger partial charge is 0.364 e. The Kier molecular flexibility index (Phi) is 3.43. The van der Waals surface area contributed by atoms with E-state index >= 15 is 0 Å². The Labute approximate surface area is 115 Å². The van der Waals surface area contributed by atoms with Gasteiger partial charge in [-0.25, -0.2) is 4.39 Å². The van der Waals surface area contributed by atoms with E-state index in [4.69, 9.17) is 4.74 Å². The molecular weight excluding hydrogens is 297 g/mol. The molecule has 1 aromatic carbocycles. The van der Waals surface area contributed by atoms with E-state index in [0.29, 0.717) is 0 Å². The standard InChI is InChI=1S/C14H17BrFNO/c15-12-7-10(16)3-4-11(12)13-8-17-9-14(18-13)5-1-2-6-14/h3-4,7,13,17H,1-2,5-6,8-9H2. The third kappa shape index (κ3) is 2.33. The number of benzene rings is 1. The van der Waals surface area contributed by atoms with Crippen molar-refractivity contribution in [2.45, 2.75) is 37.4 Å². The number of hydrogen-bond acceptors (Lipinski definition) is 2. The van der Waals surface area contributed by atoms with E-state index in [0.717, 1.165) is 36.0 Å². The van der Waals surface area contributed by atoms with Crippen LogP contribution in [0.2, 0.25) is 0 Å². The summed E-state index contributed by atoms with van der Waals surface area (Å²) in [5, 5.41) is 3.47. The summed E-state index contributed by atoms with van der Waals surface area (Å²) in [4.78, 5) is 0. The molecule has 0 amide bonds. The van der Waals surface area contributed by atoms with Gasteiger partial charge in [-0.3, -0.25) is 0 Å². The van der Waals surface area contributed by atoms with Crippen LogP contribution in [0.5, 0.6) is 0 Å². The first-order chi connectivity index (χ1) is 8.69. The molecule has 1 heterocycles. The number of halogens is 2. The van der Waals surface area contributed by atoms with Gasteiger partial charge in [-0.05, 0) is 30.5 Å². The first kappa shape index (κ1) is 12.6. The lowest BCUT2D eigenvalue weighted by molar-refractivity contribution is -0.114. The second-order valence-corrected chi connectivity index (χ2v) is 6.15. The summed E-state index contributed by atoms with van der Waals surface area (Å²) in [7, 11) is 0. The van der Waals surface area contributed by atoms with Crippen LogP contribution >= 0.6 is 15.9 Å². The fourth-order valence-corrected chi connectivity index (χ4v) is 3.67. The molecule has 0 radical (unpaired) electrons. The quantitative estimate of drug-likeness (QED) is 0.856. The highest BCUT2D eigenvalue weighted by Gasteiger charge is 2.40. The Morgan fingerprint density at radius 1 is 1.33 bits per heavy atom. The molecule has 1 unspecified atom stereocenters. The number of rotatable bonds is 1. The van der Waals surface area contributed by atoms with Crippen LogP contribution in [0, 0.1) is 5.82 Å². The second-order valence-electron chi connectivity index (χ2n) is 5.29. The minimum Gasteiger partial charge on any atom is -0.364 e. The van der Waals surface area contributed by atoms with Gasteiger partial charge in [0.2, 0.25) is 0 Å².